The second kappa shape index (κ2) is 11.0. The molecule has 0 saturated carbocycles. The van der Waals surface area contributed by atoms with Crippen molar-refractivity contribution < 1.29 is 14.0 Å². The van der Waals surface area contributed by atoms with Gasteiger partial charge in [0.25, 0.3) is 5.91 Å². The summed E-state index contributed by atoms with van der Waals surface area (Å²) in [6.45, 7) is 4.64. The number of benzene rings is 2. The average molecular weight is 501 g/mol. The summed E-state index contributed by atoms with van der Waals surface area (Å²) in [6.07, 6.45) is 1.60. The second-order valence-electron chi connectivity index (χ2n) is 6.94. The molecule has 0 aliphatic carbocycles. The van der Waals surface area contributed by atoms with Gasteiger partial charge in [0, 0.05) is 28.0 Å². The summed E-state index contributed by atoms with van der Waals surface area (Å²) in [6, 6.07) is 17.0. The number of rotatable bonds is 9. The summed E-state index contributed by atoms with van der Waals surface area (Å²) >= 11 is 4.92. The molecule has 1 heterocycles. The number of hydrogen-bond acceptors (Lipinski definition) is 3. The number of amides is 2. The van der Waals surface area contributed by atoms with Crippen molar-refractivity contribution in [1.29, 1.82) is 0 Å². The smallest absolute Gasteiger partial charge is 0.254 e. The van der Waals surface area contributed by atoms with Crippen molar-refractivity contribution in [2.24, 2.45) is 0 Å². The fraction of sp³-hybridized carbons (Fsp3) is 0.167. The highest BCUT2D eigenvalue weighted by atomic mass is 79.9. The normalized spacial score (nSPS) is 10.5. The predicted octanol–water partition coefficient (Wildman–Crippen LogP) is 5.51. The van der Waals surface area contributed by atoms with Crippen LogP contribution in [-0.4, -0.2) is 34.7 Å². The van der Waals surface area contributed by atoms with E-state index in [4.69, 9.17) is 0 Å². The standard InChI is InChI=1S/C24H22BrFN2O2S/c1-2-13-27(24(30)19-7-9-20(25)10-8-19)17-23(29)28(16-22-4-3-14-31-22)15-18-5-11-21(26)12-6-18/h2-12,14H,1,13,15-17H2. The highest BCUT2D eigenvalue weighted by Gasteiger charge is 2.22. The first-order valence-corrected chi connectivity index (χ1v) is 11.3. The monoisotopic (exact) mass is 500 g/mol. The Balaban J connectivity index is 1.78. The SMILES string of the molecule is C=CCN(CC(=O)N(Cc1ccc(F)cc1)Cc1cccs1)C(=O)c1ccc(Br)cc1. The van der Waals surface area contributed by atoms with E-state index < -0.39 is 0 Å². The van der Waals surface area contributed by atoms with E-state index in [1.807, 2.05) is 17.5 Å². The molecular formula is C24H22BrFN2O2S. The molecule has 3 aromatic rings. The first-order chi connectivity index (χ1) is 15.0. The van der Waals surface area contributed by atoms with Crippen LogP contribution in [-0.2, 0) is 17.9 Å². The van der Waals surface area contributed by atoms with Crippen molar-refractivity contribution >= 4 is 39.1 Å². The van der Waals surface area contributed by atoms with Gasteiger partial charge < -0.3 is 9.80 Å². The van der Waals surface area contributed by atoms with E-state index in [-0.39, 0.29) is 30.7 Å². The largest absolute Gasteiger partial charge is 0.332 e. The lowest BCUT2D eigenvalue weighted by atomic mass is 10.2. The molecule has 1 aromatic heterocycles. The third-order valence-electron chi connectivity index (χ3n) is 4.62. The van der Waals surface area contributed by atoms with Gasteiger partial charge in [0.1, 0.15) is 12.4 Å². The van der Waals surface area contributed by atoms with Crippen LogP contribution in [0.4, 0.5) is 4.39 Å². The maximum absolute atomic E-state index is 13.3. The molecule has 0 unspecified atom stereocenters. The topological polar surface area (TPSA) is 40.6 Å². The van der Waals surface area contributed by atoms with Crippen LogP contribution in [0.2, 0.25) is 0 Å². The molecule has 3 rings (SSSR count). The van der Waals surface area contributed by atoms with Gasteiger partial charge in [-0.05, 0) is 53.4 Å². The quantitative estimate of drug-likeness (QED) is 0.363. The van der Waals surface area contributed by atoms with Crippen LogP contribution in [0.5, 0.6) is 0 Å². The van der Waals surface area contributed by atoms with E-state index in [2.05, 4.69) is 22.5 Å². The number of carbonyl (C=O) groups is 2. The Morgan fingerprint density at radius 2 is 1.71 bits per heavy atom. The zero-order valence-electron chi connectivity index (χ0n) is 16.8. The third kappa shape index (κ3) is 6.60. The lowest BCUT2D eigenvalue weighted by molar-refractivity contribution is -0.133. The van der Waals surface area contributed by atoms with E-state index in [0.717, 1.165) is 14.9 Å². The third-order valence-corrected chi connectivity index (χ3v) is 6.01. The fourth-order valence-electron chi connectivity index (χ4n) is 3.05. The molecule has 4 nitrogen and oxygen atoms in total. The van der Waals surface area contributed by atoms with E-state index >= 15 is 0 Å². The molecule has 2 amide bonds. The van der Waals surface area contributed by atoms with E-state index in [1.165, 1.54) is 17.0 Å². The summed E-state index contributed by atoms with van der Waals surface area (Å²) in [5.74, 6) is -0.749. The van der Waals surface area contributed by atoms with Crippen LogP contribution >= 0.6 is 27.3 Å². The summed E-state index contributed by atoms with van der Waals surface area (Å²) in [5.41, 5.74) is 1.32. The Hall–Kier alpha value is -2.77. The van der Waals surface area contributed by atoms with Crippen molar-refractivity contribution in [2.45, 2.75) is 13.1 Å². The van der Waals surface area contributed by atoms with Crippen molar-refractivity contribution in [2.75, 3.05) is 13.1 Å². The van der Waals surface area contributed by atoms with Gasteiger partial charge in [0.05, 0.1) is 6.54 Å². The Morgan fingerprint density at radius 1 is 1.00 bits per heavy atom. The summed E-state index contributed by atoms with van der Waals surface area (Å²) < 4.78 is 14.2. The van der Waals surface area contributed by atoms with Crippen molar-refractivity contribution in [3.8, 4) is 0 Å². The van der Waals surface area contributed by atoms with Crippen molar-refractivity contribution in [3.63, 3.8) is 0 Å². The molecule has 0 saturated heterocycles. The number of thiophene rings is 1. The molecule has 0 aliphatic heterocycles. The van der Waals surface area contributed by atoms with Crippen LogP contribution in [0.25, 0.3) is 0 Å². The number of carbonyl (C=O) groups excluding carboxylic acids is 2. The second-order valence-corrected chi connectivity index (χ2v) is 8.88. The molecule has 0 N–H and O–H groups in total. The maximum atomic E-state index is 13.3. The van der Waals surface area contributed by atoms with E-state index in [9.17, 15) is 14.0 Å². The van der Waals surface area contributed by atoms with Gasteiger partial charge in [-0.2, -0.15) is 0 Å². The summed E-state index contributed by atoms with van der Waals surface area (Å²) in [5, 5.41) is 1.96. The molecule has 31 heavy (non-hydrogen) atoms. The molecule has 0 bridgehead atoms. The maximum Gasteiger partial charge on any atom is 0.254 e. The molecule has 0 aliphatic rings. The Kier molecular flexibility index (Phi) is 8.14. The molecular weight excluding hydrogens is 479 g/mol. The van der Waals surface area contributed by atoms with Gasteiger partial charge in [-0.1, -0.05) is 40.2 Å². The first-order valence-electron chi connectivity index (χ1n) is 9.66. The lowest BCUT2D eigenvalue weighted by Gasteiger charge is -2.27. The molecule has 160 valence electrons. The number of halogens is 2. The Morgan fingerprint density at radius 3 is 2.32 bits per heavy atom. The predicted molar refractivity (Wildman–Crippen MR) is 125 cm³/mol. The van der Waals surface area contributed by atoms with Crippen LogP contribution in [0.3, 0.4) is 0 Å². The number of nitrogens with zero attached hydrogens (tertiary/aromatic N) is 2. The van der Waals surface area contributed by atoms with Crippen molar-refractivity contribution in [1.82, 2.24) is 9.80 Å². The van der Waals surface area contributed by atoms with Crippen LogP contribution in [0.1, 0.15) is 20.8 Å². The first kappa shape index (κ1) is 22.9. The molecule has 2 aromatic carbocycles. The minimum Gasteiger partial charge on any atom is -0.332 e. The van der Waals surface area contributed by atoms with E-state index in [1.54, 1.807) is 58.7 Å². The van der Waals surface area contributed by atoms with E-state index in [0.29, 0.717) is 18.7 Å². The minimum atomic E-state index is -0.322. The molecule has 0 spiro atoms. The van der Waals surface area contributed by atoms with Gasteiger partial charge in [-0.3, -0.25) is 9.59 Å². The zero-order chi connectivity index (χ0) is 22.2. The fourth-order valence-corrected chi connectivity index (χ4v) is 4.03. The van der Waals surface area contributed by atoms with Gasteiger partial charge in [-0.25, -0.2) is 4.39 Å². The van der Waals surface area contributed by atoms with Gasteiger partial charge >= 0.3 is 0 Å². The highest BCUT2D eigenvalue weighted by Crippen LogP contribution is 2.17. The Labute approximate surface area is 193 Å². The lowest BCUT2D eigenvalue weighted by Crippen LogP contribution is -2.42. The van der Waals surface area contributed by atoms with Gasteiger partial charge in [-0.15, -0.1) is 17.9 Å². The van der Waals surface area contributed by atoms with Crippen molar-refractivity contribution in [3.05, 3.63) is 105 Å². The average Bonchev–Trinajstić information content (AvgIpc) is 3.27. The summed E-state index contributed by atoms with van der Waals surface area (Å²) in [4.78, 5) is 30.4. The van der Waals surface area contributed by atoms with Crippen LogP contribution in [0, 0.1) is 5.82 Å². The number of hydrogen-bond donors (Lipinski definition) is 0. The molecule has 0 atom stereocenters. The molecule has 0 radical (unpaired) electrons. The Bertz CT molecular complexity index is 1020. The van der Waals surface area contributed by atoms with Crippen LogP contribution in [0.15, 0.2) is 83.2 Å². The highest BCUT2D eigenvalue weighted by molar-refractivity contribution is 9.10. The van der Waals surface area contributed by atoms with Gasteiger partial charge in [0.15, 0.2) is 0 Å². The molecule has 0 fully saturated rings. The van der Waals surface area contributed by atoms with Gasteiger partial charge in [0.2, 0.25) is 5.91 Å². The summed E-state index contributed by atoms with van der Waals surface area (Å²) in [7, 11) is 0. The molecule has 7 heteroatoms. The van der Waals surface area contributed by atoms with Crippen LogP contribution < -0.4 is 0 Å². The minimum absolute atomic E-state index is 0.0759. The zero-order valence-corrected chi connectivity index (χ0v) is 19.2.